The number of rotatable bonds is 4. The van der Waals surface area contributed by atoms with E-state index in [2.05, 4.69) is 15.3 Å². The van der Waals surface area contributed by atoms with Crippen molar-refractivity contribution in [3.63, 3.8) is 0 Å². The Bertz CT molecular complexity index is 939. The molecule has 2 aromatic carbocycles. The van der Waals surface area contributed by atoms with E-state index in [-0.39, 0.29) is 11.9 Å². The van der Waals surface area contributed by atoms with Crippen LogP contribution in [0.5, 0.6) is 0 Å². The van der Waals surface area contributed by atoms with Crippen molar-refractivity contribution >= 4 is 22.4 Å². The van der Waals surface area contributed by atoms with Gasteiger partial charge in [0.1, 0.15) is 11.6 Å². The summed E-state index contributed by atoms with van der Waals surface area (Å²) in [6.07, 6.45) is -1.19. The fourth-order valence-corrected chi connectivity index (χ4v) is 3.45. The number of benzene rings is 2. The highest BCUT2D eigenvalue weighted by atomic mass is 19.3. The number of anilines is 2. The monoisotopic (exact) mass is 372 g/mol. The average molecular weight is 372 g/mol. The molecular weight excluding hydrogens is 353 g/mol. The third kappa shape index (κ3) is 3.67. The number of para-hydroxylation sites is 2. The van der Waals surface area contributed by atoms with E-state index in [1.807, 2.05) is 17.0 Å². The summed E-state index contributed by atoms with van der Waals surface area (Å²) in [4.78, 5) is 10.1. The summed E-state index contributed by atoms with van der Waals surface area (Å²) in [6, 6.07) is 13.9. The Labute approximate surface area is 155 Å². The fraction of sp³-hybridized carbons (Fsp3) is 0.300. The zero-order chi connectivity index (χ0) is 18.8. The van der Waals surface area contributed by atoms with E-state index in [4.69, 9.17) is 0 Å². The number of halogens is 3. The molecule has 0 spiro atoms. The van der Waals surface area contributed by atoms with Crippen molar-refractivity contribution in [3.05, 3.63) is 60.2 Å². The van der Waals surface area contributed by atoms with E-state index in [0.29, 0.717) is 30.1 Å². The maximum absolute atomic E-state index is 13.8. The molecule has 0 radical (unpaired) electrons. The van der Waals surface area contributed by atoms with Crippen LogP contribution in [0.3, 0.4) is 0 Å². The van der Waals surface area contributed by atoms with Crippen LogP contribution in [0.1, 0.15) is 25.1 Å². The number of alkyl halides is 2. The Balaban J connectivity index is 1.53. The fourth-order valence-electron chi connectivity index (χ4n) is 3.45. The second kappa shape index (κ2) is 7.42. The predicted molar refractivity (Wildman–Crippen MR) is 99.8 cm³/mol. The van der Waals surface area contributed by atoms with Crippen LogP contribution in [0.4, 0.5) is 24.7 Å². The molecule has 0 unspecified atom stereocenters. The average Bonchev–Trinajstić information content (AvgIpc) is 2.69. The van der Waals surface area contributed by atoms with Crippen LogP contribution in [0.15, 0.2) is 48.5 Å². The van der Waals surface area contributed by atoms with Gasteiger partial charge in [0, 0.05) is 24.5 Å². The first-order valence-corrected chi connectivity index (χ1v) is 8.92. The van der Waals surface area contributed by atoms with Gasteiger partial charge in [-0.2, -0.15) is 0 Å². The maximum atomic E-state index is 13.8. The van der Waals surface area contributed by atoms with Crippen LogP contribution in [0.2, 0.25) is 0 Å². The Kier molecular flexibility index (Phi) is 4.83. The molecule has 1 aromatic heterocycles. The first-order valence-electron chi connectivity index (χ1n) is 8.92. The van der Waals surface area contributed by atoms with E-state index in [1.54, 1.807) is 30.3 Å². The van der Waals surface area contributed by atoms with Crippen molar-refractivity contribution < 1.29 is 13.2 Å². The second-order valence-electron chi connectivity index (χ2n) is 6.61. The predicted octanol–water partition coefficient (Wildman–Crippen LogP) is 4.79. The Hall–Kier alpha value is -2.83. The zero-order valence-corrected chi connectivity index (χ0v) is 14.6. The van der Waals surface area contributed by atoms with Crippen LogP contribution in [-0.2, 0) is 0 Å². The van der Waals surface area contributed by atoms with E-state index in [0.717, 1.165) is 18.2 Å². The number of fused-ring (bicyclic) bond motifs is 1. The summed E-state index contributed by atoms with van der Waals surface area (Å²) >= 11 is 0. The normalized spacial score (nSPS) is 15.5. The van der Waals surface area contributed by atoms with Gasteiger partial charge in [-0.1, -0.05) is 24.3 Å². The molecule has 0 atom stereocenters. The lowest BCUT2D eigenvalue weighted by atomic mass is 10.0. The first kappa shape index (κ1) is 17.6. The highest BCUT2D eigenvalue weighted by molar-refractivity contribution is 5.89. The number of nitrogens with one attached hydrogen (secondary N) is 1. The Morgan fingerprint density at radius 1 is 0.963 bits per heavy atom. The minimum Gasteiger partial charge on any atom is -0.380 e. The van der Waals surface area contributed by atoms with Crippen LogP contribution in [-0.4, -0.2) is 29.1 Å². The lowest BCUT2D eigenvalue weighted by molar-refractivity contribution is 0.141. The highest BCUT2D eigenvalue weighted by Crippen LogP contribution is 2.29. The first-order chi connectivity index (χ1) is 13.1. The number of hydrogen-bond acceptors (Lipinski definition) is 4. The van der Waals surface area contributed by atoms with Gasteiger partial charge in [0.15, 0.2) is 5.82 Å². The van der Waals surface area contributed by atoms with Gasteiger partial charge >= 0.3 is 0 Å². The van der Waals surface area contributed by atoms with Crippen molar-refractivity contribution in [2.45, 2.75) is 25.3 Å². The Morgan fingerprint density at radius 3 is 2.41 bits per heavy atom. The third-order valence-corrected chi connectivity index (χ3v) is 4.82. The molecule has 0 bridgehead atoms. The smallest absolute Gasteiger partial charge is 0.297 e. The van der Waals surface area contributed by atoms with Crippen molar-refractivity contribution in [2.75, 3.05) is 23.3 Å². The molecule has 3 aromatic rings. The van der Waals surface area contributed by atoms with Crippen LogP contribution in [0.25, 0.3) is 10.9 Å². The van der Waals surface area contributed by atoms with Gasteiger partial charge in [0.2, 0.25) is 0 Å². The van der Waals surface area contributed by atoms with E-state index in [9.17, 15) is 13.2 Å². The Morgan fingerprint density at radius 2 is 1.67 bits per heavy atom. The molecule has 2 heterocycles. The van der Waals surface area contributed by atoms with Gasteiger partial charge in [-0.05, 0) is 37.1 Å². The van der Waals surface area contributed by atoms with Crippen LogP contribution < -0.4 is 10.2 Å². The van der Waals surface area contributed by atoms with Crippen LogP contribution in [0, 0.1) is 5.82 Å². The van der Waals surface area contributed by atoms with E-state index >= 15 is 0 Å². The highest BCUT2D eigenvalue weighted by Gasteiger charge is 2.24. The number of piperidine rings is 1. The lowest BCUT2D eigenvalue weighted by Crippen LogP contribution is -2.40. The summed E-state index contributed by atoms with van der Waals surface area (Å²) in [5.74, 6) is -0.182. The van der Waals surface area contributed by atoms with Gasteiger partial charge in [-0.25, -0.2) is 23.1 Å². The molecule has 0 amide bonds. The SMILES string of the molecule is Fc1ccccc1NC1CCN(c2nc(C(F)F)nc3ccccc23)CC1. The van der Waals surface area contributed by atoms with Crippen molar-refractivity contribution in [2.24, 2.45) is 0 Å². The molecule has 4 nitrogen and oxygen atoms in total. The minimum atomic E-state index is -2.71. The third-order valence-electron chi connectivity index (χ3n) is 4.82. The number of aromatic nitrogens is 2. The summed E-state index contributed by atoms with van der Waals surface area (Å²) < 4.78 is 40.2. The van der Waals surface area contributed by atoms with Crippen LogP contribution >= 0.6 is 0 Å². The van der Waals surface area contributed by atoms with Crippen molar-refractivity contribution in [3.8, 4) is 0 Å². The molecule has 4 rings (SSSR count). The maximum Gasteiger partial charge on any atom is 0.297 e. The number of nitrogens with zero attached hydrogens (tertiary/aromatic N) is 3. The molecule has 0 aliphatic carbocycles. The quantitative estimate of drug-likeness (QED) is 0.715. The number of hydrogen-bond donors (Lipinski definition) is 1. The molecule has 7 heteroatoms. The standard InChI is InChI=1S/C20H19F3N4/c21-15-6-2-4-8-17(15)24-13-9-11-27(12-10-13)20-14-5-1-3-7-16(14)25-19(26-20)18(22)23/h1-8,13,18,24H,9-12H2. The van der Waals surface area contributed by atoms with Crippen molar-refractivity contribution in [1.82, 2.24) is 9.97 Å². The second-order valence-corrected chi connectivity index (χ2v) is 6.61. The van der Waals surface area contributed by atoms with E-state index < -0.39 is 12.2 Å². The molecular formula is C20H19F3N4. The topological polar surface area (TPSA) is 41.0 Å². The largest absolute Gasteiger partial charge is 0.380 e. The van der Waals surface area contributed by atoms with Gasteiger partial charge in [-0.15, -0.1) is 0 Å². The molecule has 1 fully saturated rings. The van der Waals surface area contributed by atoms with E-state index in [1.165, 1.54) is 6.07 Å². The molecule has 1 aliphatic heterocycles. The summed E-state index contributed by atoms with van der Waals surface area (Å²) in [5, 5.41) is 4.00. The summed E-state index contributed by atoms with van der Waals surface area (Å²) in [6.45, 7) is 1.30. The summed E-state index contributed by atoms with van der Waals surface area (Å²) in [7, 11) is 0. The molecule has 140 valence electrons. The summed E-state index contributed by atoms with van der Waals surface area (Å²) in [5.41, 5.74) is 1.01. The molecule has 1 aliphatic rings. The molecule has 27 heavy (non-hydrogen) atoms. The molecule has 0 saturated carbocycles. The molecule has 1 N–H and O–H groups in total. The molecule has 1 saturated heterocycles. The van der Waals surface area contributed by atoms with Gasteiger partial charge in [0.05, 0.1) is 11.2 Å². The van der Waals surface area contributed by atoms with Crippen molar-refractivity contribution in [1.29, 1.82) is 0 Å². The van der Waals surface area contributed by atoms with Gasteiger partial charge in [0.25, 0.3) is 6.43 Å². The minimum absolute atomic E-state index is 0.126. The zero-order valence-electron chi connectivity index (χ0n) is 14.6. The van der Waals surface area contributed by atoms with Gasteiger partial charge in [-0.3, -0.25) is 0 Å². The lowest BCUT2D eigenvalue weighted by Gasteiger charge is -2.34. The van der Waals surface area contributed by atoms with Gasteiger partial charge < -0.3 is 10.2 Å².